The van der Waals surface area contributed by atoms with E-state index >= 15 is 0 Å². The van der Waals surface area contributed by atoms with Gasteiger partial charge in [-0.15, -0.1) is 0 Å². The first kappa shape index (κ1) is 23.6. The molecule has 0 radical (unpaired) electrons. The van der Waals surface area contributed by atoms with Crippen molar-refractivity contribution >= 4 is 52.2 Å². The summed E-state index contributed by atoms with van der Waals surface area (Å²) < 4.78 is 5.82. The summed E-state index contributed by atoms with van der Waals surface area (Å²) in [5.41, 5.74) is 2.54. The number of hydrogen-bond donors (Lipinski definition) is 1. The molecule has 3 aromatic rings. The highest BCUT2D eigenvalue weighted by Gasteiger charge is 2.32. The molecule has 0 atom stereocenters. The van der Waals surface area contributed by atoms with Gasteiger partial charge in [0.15, 0.2) is 5.17 Å². The number of aromatic carboxylic acids is 1. The number of amidine groups is 1. The summed E-state index contributed by atoms with van der Waals surface area (Å²) in [6.07, 6.45) is 1.82. The van der Waals surface area contributed by atoms with Crippen LogP contribution in [0.4, 0.5) is 5.69 Å². The molecule has 172 valence electrons. The number of aliphatic imine (C=N–C) groups is 1. The van der Waals surface area contributed by atoms with E-state index < -0.39 is 5.97 Å². The summed E-state index contributed by atoms with van der Waals surface area (Å²) in [7, 11) is 0. The summed E-state index contributed by atoms with van der Waals surface area (Å²) in [6, 6.07) is 21.2. The molecule has 1 aliphatic heterocycles. The molecule has 0 spiro atoms. The number of hydrogen-bond acceptors (Lipinski definition) is 5. The Bertz CT molecular complexity index is 1270. The molecular formula is C26H21ClN2O4S. The molecule has 0 bridgehead atoms. The predicted molar refractivity (Wildman–Crippen MR) is 136 cm³/mol. The van der Waals surface area contributed by atoms with Gasteiger partial charge >= 0.3 is 5.97 Å². The van der Waals surface area contributed by atoms with Gasteiger partial charge < -0.3 is 9.84 Å². The van der Waals surface area contributed by atoms with Crippen LogP contribution < -0.4 is 4.74 Å². The standard InChI is InChI=1S/C26H21ClN2O4S/c1-2-29-24(30)23(34-26(29)28-20-11-9-18(10-12-20)25(31)32)15-17-7-13-21(14-8-17)33-16-19-5-3-4-6-22(19)27/h3-15H,2,16H2,1H3,(H,31,32)/b23-15-,28-26?. The Morgan fingerprint density at radius 2 is 1.79 bits per heavy atom. The predicted octanol–water partition coefficient (Wildman–Crippen LogP) is 6.24. The fourth-order valence-corrected chi connectivity index (χ4v) is 4.50. The zero-order valence-electron chi connectivity index (χ0n) is 18.3. The molecule has 1 aliphatic rings. The molecule has 0 aliphatic carbocycles. The number of carboxylic acid groups (broad SMARTS) is 1. The van der Waals surface area contributed by atoms with Crippen molar-refractivity contribution in [1.29, 1.82) is 0 Å². The van der Waals surface area contributed by atoms with E-state index in [-0.39, 0.29) is 11.5 Å². The maximum absolute atomic E-state index is 12.9. The van der Waals surface area contributed by atoms with Crippen molar-refractivity contribution in [2.45, 2.75) is 13.5 Å². The Labute approximate surface area is 206 Å². The lowest BCUT2D eigenvalue weighted by Gasteiger charge is -2.12. The first-order valence-corrected chi connectivity index (χ1v) is 11.7. The number of carbonyl (C=O) groups is 2. The van der Waals surface area contributed by atoms with Crippen LogP contribution >= 0.6 is 23.4 Å². The highest BCUT2D eigenvalue weighted by molar-refractivity contribution is 8.18. The van der Waals surface area contributed by atoms with Crippen LogP contribution in [0.2, 0.25) is 5.02 Å². The molecule has 4 rings (SSSR count). The minimum Gasteiger partial charge on any atom is -0.489 e. The molecule has 6 nitrogen and oxygen atoms in total. The van der Waals surface area contributed by atoms with Gasteiger partial charge in [-0.2, -0.15) is 0 Å². The van der Waals surface area contributed by atoms with Gasteiger partial charge in [0, 0.05) is 17.1 Å². The van der Waals surface area contributed by atoms with Gasteiger partial charge in [-0.05, 0) is 72.8 Å². The number of halogens is 1. The lowest BCUT2D eigenvalue weighted by molar-refractivity contribution is -0.122. The van der Waals surface area contributed by atoms with Gasteiger partial charge in [-0.1, -0.05) is 41.9 Å². The number of likely N-dealkylation sites (N-methyl/N-ethyl adjacent to an activating group) is 1. The van der Waals surface area contributed by atoms with Gasteiger partial charge in [-0.25, -0.2) is 9.79 Å². The second kappa shape index (κ2) is 10.6. The van der Waals surface area contributed by atoms with Gasteiger partial charge in [0.1, 0.15) is 12.4 Å². The highest BCUT2D eigenvalue weighted by atomic mass is 35.5. The van der Waals surface area contributed by atoms with Crippen LogP contribution in [0.5, 0.6) is 5.75 Å². The fourth-order valence-electron chi connectivity index (χ4n) is 3.25. The first-order valence-electron chi connectivity index (χ1n) is 10.5. The average Bonchev–Trinajstić information content (AvgIpc) is 3.13. The van der Waals surface area contributed by atoms with Crippen molar-refractivity contribution in [1.82, 2.24) is 4.90 Å². The molecule has 1 N–H and O–H groups in total. The summed E-state index contributed by atoms with van der Waals surface area (Å²) in [5.74, 6) is -0.410. The summed E-state index contributed by atoms with van der Waals surface area (Å²) >= 11 is 7.46. The van der Waals surface area contributed by atoms with E-state index in [1.54, 1.807) is 17.0 Å². The Balaban J connectivity index is 1.47. The van der Waals surface area contributed by atoms with E-state index in [9.17, 15) is 9.59 Å². The normalized spacial score (nSPS) is 15.8. The van der Waals surface area contributed by atoms with Crippen LogP contribution in [0.15, 0.2) is 82.7 Å². The minimum absolute atomic E-state index is 0.118. The van der Waals surface area contributed by atoms with Crippen LogP contribution in [0, 0.1) is 0 Å². The van der Waals surface area contributed by atoms with E-state index in [4.69, 9.17) is 21.4 Å². The largest absolute Gasteiger partial charge is 0.489 e. The molecule has 0 unspecified atom stereocenters. The quantitative estimate of drug-likeness (QED) is 0.395. The third-order valence-corrected chi connectivity index (χ3v) is 6.45. The van der Waals surface area contributed by atoms with Crippen molar-refractivity contribution in [2.24, 2.45) is 4.99 Å². The zero-order valence-corrected chi connectivity index (χ0v) is 19.8. The maximum atomic E-state index is 12.9. The van der Waals surface area contributed by atoms with Crippen molar-refractivity contribution in [2.75, 3.05) is 6.54 Å². The molecule has 1 saturated heterocycles. The first-order chi connectivity index (χ1) is 16.4. The Kier molecular flexibility index (Phi) is 7.35. The van der Waals surface area contributed by atoms with E-state index in [2.05, 4.69) is 4.99 Å². The van der Waals surface area contributed by atoms with Crippen LogP contribution in [0.1, 0.15) is 28.4 Å². The van der Waals surface area contributed by atoms with Crippen molar-refractivity contribution in [3.05, 3.63) is 99.4 Å². The topological polar surface area (TPSA) is 79.2 Å². The minimum atomic E-state index is -0.995. The van der Waals surface area contributed by atoms with Gasteiger partial charge in [0.25, 0.3) is 5.91 Å². The smallest absolute Gasteiger partial charge is 0.335 e. The third kappa shape index (κ3) is 5.50. The number of ether oxygens (including phenoxy) is 1. The summed E-state index contributed by atoms with van der Waals surface area (Å²) in [4.78, 5) is 30.6. The fraction of sp³-hybridized carbons (Fsp3) is 0.115. The van der Waals surface area contributed by atoms with E-state index in [0.717, 1.165) is 11.1 Å². The number of rotatable bonds is 7. The number of benzene rings is 3. The highest BCUT2D eigenvalue weighted by Crippen LogP contribution is 2.34. The van der Waals surface area contributed by atoms with Crippen LogP contribution in [-0.4, -0.2) is 33.6 Å². The third-order valence-electron chi connectivity index (χ3n) is 5.07. The molecule has 34 heavy (non-hydrogen) atoms. The van der Waals surface area contributed by atoms with Crippen molar-refractivity contribution < 1.29 is 19.4 Å². The summed E-state index contributed by atoms with van der Waals surface area (Å²) in [5, 5.41) is 10.3. The number of amides is 1. The van der Waals surface area contributed by atoms with E-state index in [1.165, 1.54) is 23.9 Å². The molecule has 0 aromatic heterocycles. The van der Waals surface area contributed by atoms with Gasteiger partial charge in [-0.3, -0.25) is 9.69 Å². The SMILES string of the molecule is CCN1C(=O)/C(=C/c2ccc(OCc3ccccc3Cl)cc2)SC1=Nc1ccc(C(=O)O)cc1. The van der Waals surface area contributed by atoms with Gasteiger partial charge in [0.05, 0.1) is 16.2 Å². The van der Waals surface area contributed by atoms with Crippen LogP contribution in [0.25, 0.3) is 6.08 Å². The lowest BCUT2D eigenvalue weighted by Crippen LogP contribution is -2.28. The van der Waals surface area contributed by atoms with Gasteiger partial charge in [0.2, 0.25) is 0 Å². The monoisotopic (exact) mass is 492 g/mol. The number of nitrogens with zero attached hydrogens (tertiary/aromatic N) is 2. The number of carbonyl (C=O) groups excluding carboxylic acids is 1. The molecule has 0 saturated carbocycles. The second-order valence-electron chi connectivity index (χ2n) is 7.36. The summed E-state index contributed by atoms with van der Waals surface area (Å²) in [6.45, 7) is 2.73. The van der Waals surface area contributed by atoms with Crippen LogP contribution in [0.3, 0.4) is 0 Å². The Morgan fingerprint density at radius 3 is 2.44 bits per heavy atom. The zero-order chi connectivity index (χ0) is 24.1. The lowest BCUT2D eigenvalue weighted by atomic mass is 10.2. The Hall–Kier alpha value is -3.55. The van der Waals surface area contributed by atoms with E-state index in [0.29, 0.717) is 39.7 Å². The Morgan fingerprint density at radius 1 is 1.09 bits per heavy atom. The molecule has 1 heterocycles. The molecule has 3 aromatic carbocycles. The van der Waals surface area contributed by atoms with E-state index in [1.807, 2.05) is 61.5 Å². The van der Waals surface area contributed by atoms with Crippen molar-refractivity contribution in [3.8, 4) is 5.75 Å². The molecule has 1 fully saturated rings. The maximum Gasteiger partial charge on any atom is 0.335 e. The second-order valence-corrected chi connectivity index (χ2v) is 8.77. The van der Waals surface area contributed by atoms with Crippen LogP contribution in [-0.2, 0) is 11.4 Å². The molecule has 1 amide bonds. The number of thioether (sulfide) groups is 1. The number of carboxylic acids is 1. The average molecular weight is 493 g/mol. The molecule has 8 heteroatoms. The molecular weight excluding hydrogens is 472 g/mol. The van der Waals surface area contributed by atoms with Crippen molar-refractivity contribution in [3.63, 3.8) is 0 Å².